The van der Waals surface area contributed by atoms with E-state index in [1.54, 1.807) is 0 Å². The molecule has 0 aromatic carbocycles. The number of carbonyl (C=O) groups excluding carboxylic acids is 3. The summed E-state index contributed by atoms with van der Waals surface area (Å²) in [5.74, 6) is -0.669. The van der Waals surface area contributed by atoms with Crippen LogP contribution in [-0.4, -0.2) is 55.0 Å². The lowest BCUT2D eigenvalue weighted by molar-refractivity contribution is -0.134. The molecule has 0 radical (unpaired) electrons. The first-order valence-corrected chi connectivity index (χ1v) is 5.14. The Bertz CT molecular complexity index is 349. The van der Waals surface area contributed by atoms with E-state index in [4.69, 9.17) is 0 Å². The van der Waals surface area contributed by atoms with Crippen molar-refractivity contribution in [3.8, 4) is 0 Å². The average Bonchev–Trinajstić information content (AvgIpc) is 2.81. The molecule has 2 fully saturated rings. The maximum absolute atomic E-state index is 12.0. The molecule has 0 aromatic rings. The zero-order chi connectivity index (χ0) is 11.8. The predicted octanol–water partition coefficient (Wildman–Crippen LogP) is -1.98. The highest BCUT2D eigenvalue weighted by atomic mass is 16.2. The van der Waals surface area contributed by atoms with Crippen molar-refractivity contribution >= 4 is 17.8 Å². The number of amides is 4. The monoisotopic (exact) mass is 226 g/mol. The van der Waals surface area contributed by atoms with Gasteiger partial charge in [0.25, 0.3) is 5.91 Å². The molecule has 3 N–H and O–H groups in total. The van der Waals surface area contributed by atoms with E-state index in [0.29, 0.717) is 19.5 Å². The summed E-state index contributed by atoms with van der Waals surface area (Å²) >= 11 is 0. The zero-order valence-electron chi connectivity index (χ0n) is 9.00. The van der Waals surface area contributed by atoms with Gasteiger partial charge >= 0.3 is 6.03 Å². The molecule has 16 heavy (non-hydrogen) atoms. The number of carbonyl (C=O) groups is 3. The number of nitrogens with zero attached hydrogens (tertiary/aromatic N) is 1. The van der Waals surface area contributed by atoms with Gasteiger partial charge in [-0.1, -0.05) is 0 Å². The maximum atomic E-state index is 12.0. The number of rotatable bonds is 2. The van der Waals surface area contributed by atoms with Crippen LogP contribution in [0.4, 0.5) is 4.79 Å². The van der Waals surface area contributed by atoms with E-state index in [9.17, 15) is 14.4 Å². The van der Waals surface area contributed by atoms with Gasteiger partial charge in [-0.05, 0) is 13.0 Å². The fraction of sp³-hybridized carbons (Fsp3) is 0.667. The lowest BCUT2D eigenvalue weighted by atomic mass is 9.99. The largest absolute Gasteiger partial charge is 0.358 e. The van der Waals surface area contributed by atoms with Gasteiger partial charge in [0, 0.05) is 13.6 Å². The van der Waals surface area contributed by atoms with Crippen LogP contribution in [0.25, 0.3) is 0 Å². The van der Waals surface area contributed by atoms with Crippen molar-refractivity contribution in [2.24, 2.45) is 0 Å². The van der Waals surface area contributed by atoms with Crippen LogP contribution in [0.15, 0.2) is 0 Å². The third kappa shape index (κ3) is 1.53. The van der Waals surface area contributed by atoms with Crippen molar-refractivity contribution in [3.63, 3.8) is 0 Å². The Kier molecular flexibility index (Phi) is 2.55. The number of hydrogen-bond donors (Lipinski definition) is 3. The highest BCUT2D eigenvalue weighted by molar-refractivity contribution is 6.09. The van der Waals surface area contributed by atoms with Crippen molar-refractivity contribution in [1.29, 1.82) is 0 Å². The molecule has 1 atom stereocenters. The minimum absolute atomic E-state index is 0.219. The van der Waals surface area contributed by atoms with Gasteiger partial charge in [-0.3, -0.25) is 14.5 Å². The summed E-state index contributed by atoms with van der Waals surface area (Å²) in [4.78, 5) is 35.7. The lowest BCUT2D eigenvalue weighted by Crippen LogP contribution is -2.49. The highest BCUT2D eigenvalue weighted by Gasteiger charge is 2.52. The Hall–Kier alpha value is -1.63. The van der Waals surface area contributed by atoms with Crippen LogP contribution in [0, 0.1) is 0 Å². The Morgan fingerprint density at radius 3 is 2.88 bits per heavy atom. The van der Waals surface area contributed by atoms with E-state index in [0.717, 1.165) is 4.90 Å². The molecular formula is C9H14N4O3. The molecule has 2 saturated heterocycles. The van der Waals surface area contributed by atoms with Crippen molar-refractivity contribution in [2.45, 2.75) is 12.0 Å². The van der Waals surface area contributed by atoms with Crippen LogP contribution in [-0.2, 0) is 9.59 Å². The summed E-state index contributed by atoms with van der Waals surface area (Å²) in [7, 11) is 1.47. The molecule has 2 heterocycles. The number of urea groups is 1. The Morgan fingerprint density at radius 1 is 1.56 bits per heavy atom. The first kappa shape index (κ1) is 10.9. The predicted molar refractivity (Wildman–Crippen MR) is 54.5 cm³/mol. The number of nitrogens with one attached hydrogen (secondary N) is 3. The SMILES string of the molecule is CNC(=O)CN1C(=O)NC2(CCNC2)C1=O. The minimum Gasteiger partial charge on any atom is -0.358 e. The summed E-state index contributed by atoms with van der Waals surface area (Å²) in [6.07, 6.45) is 0.571. The van der Waals surface area contributed by atoms with Crippen LogP contribution in [0.2, 0.25) is 0 Å². The number of imide groups is 1. The van der Waals surface area contributed by atoms with Crippen LogP contribution in [0.3, 0.4) is 0 Å². The zero-order valence-corrected chi connectivity index (χ0v) is 9.00. The van der Waals surface area contributed by atoms with Gasteiger partial charge in [-0.25, -0.2) is 4.79 Å². The van der Waals surface area contributed by atoms with Gasteiger partial charge in [0.15, 0.2) is 0 Å². The molecule has 4 amide bonds. The molecule has 2 aliphatic heterocycles. The second-order valence-corrected chi connectivity index (χ2v) is 4.00. The molecule has 0 aromatic heterocycles. The second kappa shape index (κ2) is 3.75. The number of hydrogen-bond acceptors (Lipinski definition) is 4. The van der Waals surface area contributed by atoms with Crippen LogP contribution >= 0.6 is 0 Å². The molecule has 0 saturated carbocycles. The molecule has 0 bridgehead atoms. The van der Waals surface area contributed by atoms with E-state index in [1.165, 1.54) is 7.05 Å². The average molecular weight is 226 g/mol. The summed E-state index contributed by atoms with van der Waals surface area (Å²) < 4.78 is 0. The molecule has 2 rings (SSSR count). The van der Waals surface area contributed by atoms with Gasteiger partial charge < -0.3 is 16.0 Å². The normalized spacial score (nSPS) is 28.7. The highest BCUT2D eigenvalue weighted by Crippen LogP contribution is 2.23. The van der Waals surface area contributed by atoms with Gasteiger partial charge in [0.1, 0.15) is 12.1 Å². The minimum atomic E-state index is -0.828. The van der Waals surface area contributed by atoms with E-state index >= 15 is 0 Å². The van der Waals surface area contributed by atoms with Crippen LogP contribution in [0.1, 0.15) is 6.42 Å². The maximum Gasteiger partial charge on any atom is 0.325 e. The van der Waals surface area contributed by atoms with E-state index < -0.39 is 11.6 Å². The molecule has 7 heteroatoms. The standard InChI is InChI=1S/C9H14N4O3/c1-10-6(14)4-13-7(15)9(12-8(13)16)2-3-11-5-9/h11H,2-5H2,1H3,(H,10,14)(H,12,16). The summed E-state index contributed by atoms with van der Waals surface area (Å²) in [6.45, 7) is 0.907. The molecule has 7 nitrogen and oxygen atoms in total. The molecule has 1 unspecified atom stereocenters. The van der Waals surface area contributed by atoms with Gasteiger partial charge in [-0.2, -0.15) is 0 Å². The summed E-state index contributed by atoms with van der Waals surface area (Å²) in [6, 6.07) is -0.489. The smallest absolute Gasteiger partial charge is 0.325 e. The summed E-state index contributed by atoms with van der Waals surface area (Å²) in [5.41, 5.74) is -0.828. The topological polar surface area (TPSA) is 90.5 Å². The van der Waals surface area contributed by atoms with Crippen molar-refractivity contribution in [3.05, 3.63) is 0 Å². The molecular weight excluding hydrogens is 212 g/mol. The molecule has 88 valence electrons. The second-order valence-electron chi connectivity index (χ2n) is 4.00. The van der Waals surface area contributed by atoms with Gasteiger partial charge in [0.05, 0.1) is 0 Å². The number of likely N-dealkylation sites (N-methyl/N-ethyl adjacent to an activating group) is 1. The van der Waals surface area contributed by atoms with Crippen molar-refractivity contribution < 1.29 is 14.4 Å². The van der Waals surface area contributed by atoms with Crippen molar-refractivity contribution in [1.82, 2.24) is 20.9 Å². The fourth-order valence-electron chi connectivity index (χ4n) is 2.02. The van der Waals surface area contributed by atoms with Gasteiger partial charge in [-0.15, -0.1) is 0 Å². The lowest BCUT2D eigenvalue weighted by Gasteiger charge is -2.18. The fourth-order valence-corrected chi connectivity index (χ4v) is 2.02. The van der Waals surface area contributed by atoms with E-state index in [2.05, 4.69) is 16.0 Å². The summed E-state index contributed by atoms with van der Waals surface area (Å²) in [5, 5.41) is 8.07. The third-order valence-electron chi connectivity index (χ3n) is 2.98. The van der Waals surface area contributed by atoms with E-state index in [1.807, 2.05) is 0 Å². The van der Waals surface area contributed by atoms with Crippen LogP contribution < -0.4 is 16.0 Å². The Balaban J connectivity index is 2.13. The molecule has 1 spiro atoms. The quantitative estimate of drug-likeness (QED) is 0.476. The van der Waals surface area contributed by atoms with Gasteiger partial charge in [0.2, 0.25) is 5.91 Å². The van der Waals surface area contributed by atoms with Crippen molar-refractivity contribution in [2.75, 3.05) is 26.7 Å². The molecule has 2 aliphatic rings. The van der Waals surface area contributed by atoms with E-state index in [-0.39, 0.29) is 18.4 Å². The third-order valence-corrected chi connectivity index (χ3v) is 2.98. The first-order chi connectivity index (χ1) is 7.59. The molecule has 0 aliphatic carbocycles. The Labute approximate surface area is 92.5 Å². The Morgan fingerprint density at radius 2 is 2.31 bits per heavy atom. The van der Waals surface area contributed by atoms with Crippen LogP contribution in [0.5, 0.6) is 0 Å². The first-order valence-electron chi connectivity index (χ1n) is 5.14.